The number of nitrogens with two attached hydrogens (primary N) is 1. The Morgan fingerprint density at radius 3 is 2.46 bits per heavy atom. The summed E-state index contributed by atoms with van der Waals surface area (Å²) >= 11 is 0. The SMILES string of the molecule is CCCc1ccc(/C(=C/C(N)=NC(=O)c2ccc(C#N)c(F)c2)NC)cc1F. The number of amides is 1. The van der Waals surface area contributed by atoms with E-state index >= 15 is 0 Å². The van der Waals surface area contributed by atoms with Crippen LogP contribution >= 0.6 is 0 Å². The smallest absolute Gasteiger partial charge is 0.279 e. The Kier molecular flexibility index (Phi) is 6.99. The van der Waals surface area contributed by atoms with Gasteiger partial charge in [-0.05, 0) is 36.2 Å². The molecule has 28 heavy (non-hydrogen) atoms. The third-order valence-electron chi connectivity index (χ3n) is 4.01. The number of hydrogen-bond acceptors (Lipinski definition) is 3. The van der Waals surface area contributed by atoms with Gasteiger partial charge in [-0.3, -0.25) is 4.79 Å². The summed E-state index contributed by atoms with van der Waals surface area (Å²) in [6.45, 7) is 1.97. The van der Waals surface area contributed by atoms with E-state index in [0.29, 0.717) is 23.2 Å². The Labute approximate surface area is 162 Å². The fourth-order valence-electron chi connectivity index (χ4n) is 2.59. The lowest BCUT2D eigenvalue weighted by molar-refractivity contribution is 0.100. The number of nitriles is 1. The van der Waals surface area contributed by atoms with Gasteiger partial charge in [-0.25, -0.2) is 8.78 Å². The summed E-state index contributed by atoms with van der Waals surface area (Å²) in [6.07, 6.45) is 2.87. The van der Waals surface area contributed by atoms with Crippen molar-refractivity contribution < 1.29 is 13.6 Å². The van der Waals surface area contributed by atoms with Gasteiger partial charge in [0.2, 0.25) is 0 Å². The van der Waals surface area contributed by atoms with Gasteiger partial charge in [0.1, 0.15) is 23.5 Å². The number of nitrogens with one attached hydrogen (secondary N) is 1. The number of halogens is 2. The highest BCUT2D eigenvalue weighted by molar-refractivity contribution is 6.08. The molecule has 0 spiro atoms. The van der Waals surface area contributed by atoms with E-state index in [4.69, 9.17) is 11.0 Å². The fourth-order valence-corrected chi connectivity index (χ4v) is 2.59. The minimum atomic E-state index is -0.809. The van der Waals surface area contributed by atoms with Crippen LogP contribution < -0.4 is 11.1 Å². The van der Waals surface area contributed by atoms with Gasteiger partial charge < -0.3 is 11.1 Å². The maximum atomic E-state index is 14.2. The van der Waals surface area contributed by atoms with Crippen LogP contribution in [0.1, 0.15) is 40.4 Å². The van der Waals surface area contributed by atoms with Gasteiger partial charge in [-0.15, -0.1) is 0 Å². The van der Waals surface area contributed by atoms with Crippen LogP contribution in [0.25, 0.3) is 5.70 Å². The Hall–Kier alpha value is -3.53. The molecule has 0 aromatic heterocycles. The fraction of sp³-hybridized carbons (Fsp3) is 0.190. The highest BCUT2D eigenvalue weighted by Crippen LogP contribution is 2.17. The summed E-state index contributed by atoms with van der Waals surface area (Å²) in [5.74, 6) is -2.01. The van der Waals surface area contributed by atoms with E-state index < -0.39 is 11.7 Å². The molecule has 2 aromatic carbocycles. The molecule has 1 amide bonds. The molecule has 7 heteroatoms. The molecule has 0 aliphatic heterocycles. The maximum absolute atomic E-state index is 14.2. The largest absolute Gasteiger partial charge is 0.388 e. The van der Waals surface area contributed by atoms with Crippen LogP contribution in [0, 0.1) is 23.0 Å². The van der Waals surface area contributed by atoms with Gasteiger partial charge in [0.05, 0.1) is 5.56 Å². The molecular weight excluding hydrogens is 362 g/mol. The predicted molar refractivity (Wildman–Crippen MR) is 104 cm³/mol. The minimum absolute atomic E-state index is 0.0335. The van der Waals surface area contributed by atoms with Crippen LogP contribution in [0.2, 0.25) is 0 Å². The lowest BCUT2D eigenvalue weighted by atomic mass is 10.0. The summed E-state index contributed by atoms with van der Waals surface area (Å²) in [6, 6.07) is 9.95. The molecule has 0 saturated carbocycles. The average Bonchev–Trinajstić information content (AvgIpc) is 2.67. The molecule has 0 atom stereocenters. The van der Waals surface area contributed by atoms with Gasteiger partial charge in [0, 0.05) is 29.9 Å². The Morgan fingerprint density at radius 2 is 1.89 bits per heavy atom. The number of benzene rings is 2. The number of nitrogens with zero attached hydrogens (tertiary/aromatic N) is 2. The number of hydrogen-bond donors (Lipinski definition) is 2. The molecule has 0 fully saturated rings. The number of aryl methyl sites for hydroxylation is 1. The van der Waals surface area contributed by atoms with Crippen molar-refractivity contribution in [1.29, 1.82) is 5.26 Å². The first kappa shape index (κ1) is 20.8. The van der Waals surface area contributed by atoms with Gasteiger partial charge in [-0.2, -0.15) is 10.3 Å². The summed E-state index contributed by atoms with van der Waals surface area (Å²) < 4.78 is 27.8. The first-order valence-electron chi connectivity index (χ1n) is 8.66. The number of amidine groups is 1. The quantitative estimate of drug-likeness (QED) is 0.590. The van der Waals surface area contributed by atoms with Crippen LogP contribution in [0.3, 0.4) is 0 Å². The normalized spacial score (nSPS) is 11.8. The van der Waals surface area contributed by atoms with E-state index in [1.54, 1.807) is 25.2 Å². The van der Waals surface area contributed by atoms with Crippen LogP contribution in [-0.2, 0) is 6.42 Å². The van der Waals surface area contributed by atoms with Gasteiger partial charge >= 0.3 is 0 Å². The van der Waals surface area contributed by atoms with Gasteiger partial charge in [0.15, 0.2) is 0 Å². The molecule has 0 heterocycles. The third-order valence-corrected chi connectivity index (χ3v) is 4.01. The molecule has 0 aliphatic carbocycles. The van der Waals surface area contributed by atoms with Crippen molar-refractivity contribution in [3.05, 3.63) is 76.4 Å². The number of aliphatic imine (C=N–C) groups is 1. The predicted octanol–water partition coefficient (Wildman–Crippen LogP) is 3.55. The van der Waals surface area contributed by atoms with Crippen LogP contribution in [0.4, 0.5) is 8.78 Å². The zero-order valence-corrected chi connectivity index (χ0v) is 15.6. The van der Waals surface area contributed by atoms with Crippen LogP contribution in [0.15, 0.2) is 47.5 Å². The zero-order valence-electron chi connectivity index (χ0n) is 15.6. The second-order valence-corrected chi connectivity index (χ2v) is 6.01. The summed E-state index contributed by atoms with van der Waals surface area (Å²) in [5.41, 5.74) is 7.26. The molecule has 5 nitrogen and oxygen atoms in total. The van der Waals surface area contributed by atoms with Crippen LogP contribution in [0.5, 0.6) is 0 Å². The van der Waals surface area contributed by atoms with Crippen molar-refractivity contribution in [2.45, 2.75) is 19.8 Å². The number of carbonyl (C=O) groups excluding carboxylic acids is 1. The molecule has 0 saturated heterocycles. The molecule has 2 aromatic rings. The van der Waals surface area contributed by atoms with Gasteiger partial charge in [0.25, 0.3) is 5.91 Å². The van der Waals surface area contributed by atoms with Crippen LogP contribution in [-0.4, -0.2) is 18.8 Å². The average molecular weight is 382 g/mol. The van der Waals surface area contributed by atoms with E-state index in [9.17, 15) is 13.6 Å². The monoisotopic (exact) mass is 382 g/mol. The van der Waals surface area contributed by atoms with Crippen molar-refractivity contribution in [1.82, 2.24) is 5.32 Å². The van der Waals surface area contributed by atoms with E-state index in [1.165, 1.54) is 24.3 Å². The highest BCUT2D eigenvalue weighted by Gasteiger charge is 2.10. The molecule has 3 N–H and O–H groups in total. The standard InChI is InChI=1S/C21H20F2N4O/c1-3-4-13-5-6-14(9-17(13)22)19(26-2)11-20(25)27-21(28)15-7-8-16(12-24)18(23)10-15/h5-11,26H,3-4H2,1-2H3,(H2,25,27,28)/b19-11-. The highest BCUT2D eigenvalue weighted by atomic mass is 19.1. The number of rotatable bonds is 6. The van der Waals surface area contributed by atoms with Crippen molar-refractivity contribution >= 4 is 17.4 Å². The van der Waals surface area contributed by atoms with Crippen molar-refractivity contribution in [2.75, 3.05) is 7.05 Å². The second-order valence-electron chi connectivity index (χ2n) is 6.01. The first-order valence-corrected chi connectivity index (χ1v) is 8.66. The van der Waals surface area contributed by atoms with Crippen molar-refractivity contribution in [3.8, 4) is 6.07 Å². The van der Waals surface area contributed by atoms with E-state index in [0.717, 1.165) is 12.5 Å². The molecule has 0 radical (unpaired) electrons. The van der Waals surface area contributed by atoms with E-state index in [1.807, 2.05) is 6.92 Å². The zero-order chi connectivity index (χ0) is 20.7. The summed E-state index contributed by atoms with van der Waals surface area (Å²) in [5, 5.41) is 11.6. The minimum Gasteiger partial charge on any atom is -0.388 e. The lowest BCUT2D eigenvalue weighted by Gasteiger charge is -2.09. The number of carbonyl (C=O) groups is 1. The van der Waals surface area contributed by atoms with E-state index in [2.05, 4.69) is 10.3 Å². The molecule has 144 valence electrons. The Balaban J connectivity index is 2.28. The molecule has 0 aliphatic rings. The maximum Gasteiger partial charge on any atom is 0.279 e. The summed E-state index contributed by atoms with van der Waals surface area (Å²) in [7, 11) is 1.63. The molecular formula is C21H20F2N4O. The lowest BCUT2D eigenvalue weighted by Crippen LogP contribution is -2.15. The van der Waals surface area contributed by atoms with Crippen molar-refractivity contribution in [2.24, 2.45) is 10.7 Å². The second kappa shape index (κ2) is 9.42. The molecule has 2 rings (SSSR count). The molecule has 0 bridgehead atoms. The molecule has 0 unspecified atom stereocenters. The first-order chi connectivity index (χ1) is 13.4. The Bertz CT molecular complexity index is 990. The Morgan fingerprint density at radius 1 is 1.21 bits per heavy atom. The third kappa shape index (κ3) is 5.01. The topological polar surface area (TPSA) is 91.3 Å². The van der Waals surface area contributed by atoms with Gasteiger partial charge in [-0.1, -0.05) is 25.5 Å². The summed E-state index contributed by atoms with van der Waals surface area (Å²) in [4.78, 5) is 15.9. The van der Waals surface area contributed by atoms with E-state index in [-0.39, 0.29) is 22.8 Å². The van der Waals surface area contributed by atoms with Crippen molar-refractivity contribution in [3.63, 3.8) is 0 Å².